The van der Waals surface area contributed by atoms with E-state index in [1.54, 1.807) is 7.11 Å². The van der Waals surface area contributed by atoms with E-state index in [4.69, 9.17) is 30.9 Å². The maximum absolute atomic E-state index is 10.7. The highest BCUT2D eigenvalue weighted by Gasteiger charge is 2.35. The quantitative estimate of drug-likeness (QED) is 0.570. The molecule has 0 bridgehead atoms. The molecule has 2 aromatic rings. The van der Waals surface area contributed by atoms with Gasteiger partial charge in [-0.05, 0) is 25.0 Å². The molecule has 1 fully saturated rings. The molecule has 6 heteroatoms. The van der Waals surface area contributed by atoms with E-state index < -0.39 is 12.3 Å². The molecule has 0 radical (unpaired) electrons. The van der Waals surface area contributed by atoms with Gasteiger partial charge in [-0.2, -0.15) is 0 Å². The highest BCUT2D eigenvalue weighted by molar-refractivity contribution is 6.31. The number of carboxylic acid groups (broad SMARTS) is 1. The van der Waals surface area contributed by atoms with Crippen LogP contribution in [0.2, 0.25) is 5.02 Å². The van der Waals surface area contributed by atoms with Crippen molar-refractivity contribution in [3.8, 4) is 5.75 Å². The van der Waals surface area contributed by atoms with E-state index in [0.29, 0.717) is 24.5 Å². The molecule has 29 heavy (non-hydrogen) atoms. The van der Waals surface area contributed by atoms with Crippen molar-refractivity contribution in [3.05, 3.63) is 76.8 Å². The molecule has 3 atom stereocenters. The van der Waals surface area contributed by atoms with Crippen molar-refractivity contribution in [2.45, 2.75) is 31.7 Å². The molecule has 1 saturated heterocycles. The van der Waals surface area contributed by atoms with E-state index in [9.17, 15) is 4.79 Å². The third-order valence-electron chi connectivity index (χ3n) is 4.90. The first-order valence-corrected chi connectivity index (χ1v) is 9.99. The first kappa shape index (κ1) is 21.4. The van der Waals surface area contributed by atoms with Crippen molar-refractivity contribution >= 4 is 17.6 Å². The molecule has 1 N–H and O–H groups in total. The Balaban J connectivity index is 1.81. The molecule has 0 amide bonds. The van der Waals surface area contributed by atoms with E-state index in [0.717, 1.165) is 16.9 Å². The summed E-state index contributed by atoms with van der Waals surface area (Å²) in [5, 5.41) is 9.37. The van der Waals surface area contributed by atoms with E-state index in [1.807, 2.05) is 60.7 Å². The fourth-order valence-electron chi connectivity index (χ4n) is 3.43. The molecule has 0 spiro atoms. The number of carbonyl (C=O) groups is 1. The Kier molecular flexibility index (Phi) is 7.69. The lowest BCUT2D eigenvalue weighted by Gasteiger charge is -2.37. The summed E-state index contributed by atoms with van der Waals surface area (Å²) in [4.78, 5) is 10.7. The molecule has 3 rings (SSSR count). The van der Waals surface area contributed by atoms with Gasteiger partial charge in [0.15, 0.2) is 6.29 Å². The Morgan fingerprint density at radius 3 is 2.62 bits per heavy atom. The number of halogens is 1. The molecule has 0 unspecified atom stereocenters. The number of para-hydroxylation sites is 1. The highest BCUT2D eigenvalue weighted by Crippen LogP contribution is 2.43. The second kappa shape index (κ2) is 10.4. The lowest BCUT2D eigenvalue weighted by Crippen LogP contribution is -2.30. The molecular formula is C23H25ClO5. The van der Waals surface area contributed by atoms with Crippen molar-refractivity contribution in [2.75, 3.05) is 13.7 Å². The van der Waals surface area contributed by atoms with Gasteiger partial charge in [-0.1, -0.05) is 60.2 Å². The van der Waals surface area contributed by atoms with Gasteiger partial charge in [0, 0.05) is 28.5 Å². The van der Waals surface area contributed by atoms with Crippen LogP contribution in [0.15, 0.2) is 60.7 Å². The summed E-state index contributed by atoms with van der Waals surface area (Å²) in [5.41, 5.74) is 1.75. The summed E-state index contributed by atoms with van der Waals surface area (Å²) in [6, 6.07) is 15.3. The number of rotatable bonds is 8. The van der Waals surface area contributed by atoms with Crippen LogP contribution >= 0.6 is 11.6 Å². The zero-order valence-corrected chi connectivity index (χ0v) is 17.0. The van der Waals surface area contributed by atoms with Crippen LogP contribution in [0, 0.1) is 5.92 Å². The maximum atomic E-state index is 10.7. The van der Waals surface area contributed by atoms with Gasteiger partial charge in [-0.3, -0.25) is 4.79 Å². The summed E-state index contributed by atoms with van der Waals surface area (Å²) in [6.45, 7) is 0.488. The van der Waals surface area contributed by atoms with Crippen LogP contribution in [-0.2, 0) is 14.3 Å². The number of hydrogen-bond acceptors (Lipinski definition) is 4. The molecule has 0 aliphatic carbocycles. The average Bonchev–Trinajstić information content (AvgIpc) is 2.74. The fraction of sp³-hybridized carbons (Fsp3) is 0.348. The SMILES string of the molecule is COc1ccccc1[C@@H]1O[C@H](c2ccccc2Cl)OC[C@@H]1CC=CCCC(=O)O. The van der Waals surface area contributed by atoms with Gasteiger partial charge in [-0.25, -0.2) is 0 Å². The van der Waals surface area contributed by atoms with Gasteiger partial charge in [0.2, 0.25) is 0 Å². The maximum Gasteiger partial charge on any atom is 0.303 e. The van der Waals surface area contributed by atoms with Gasteiger partial charge in [0.05, 0.1) is 19.8 Å². The zero-order valence-electron chi connectivity index (χ0n) is 16.3. The van der Waals surface area contributed by atoms with Gasteiger partial charge in [-0.15, -0.1) is 0 Å². The minimum Gasteiger partial charge on any atom is -0.496 e. The van der Waals surface area contributed by atoms with Crippen LogP contribution in [0.3, 0.4) is 0 Å². The number of methoxy groups -OCH3 is 1. The lowest BCUT2D eigenvalue weighted by molar-refractivity contribution is -0.244. The van der Waals surface area contributed by atoms with Gasteiger partial charge >= 0.3 is 5.97 Å². The van der Waals surface area contributed by atoms with E-state index in [-0.39, 0.29) is 18.4 Å². The molecule has 5 nitrogen and oxygen atoms in total. The Labute approximate surface area is 175 Å². The molecule has 2 aromatic carbocycles. The summed E-state index contributed by atoms with van der Waals surface area (Å²) in [7, 11) is 1.64. The van der Waals surface area contributed by atoms with E-state index >= 15 is 0 Å². The van der Waals surface area contributed by atoms with E-state index in [2.05, 4.69) is 0 Å². The van der Waals surface area contributed by atoms with Crippen molar-refractivity contribution in [3.63, 3.8) is 0 Å². The van der Waals surface area contributed by atoms with Crippen LogP contribution < -0.4 is 4.74 Å². The fourth-order valence-corrected chi connectivity index (χ4v) is 3.65. The van der Waals surface area contributed by atoms with Gasteiger partial charge in [0.25, 0.3) is 0 Å². The highest BCUT2D eigenvalue weighted by atomic mass is 35.5. The van der Waals surface area contributed by atoms with Crippen molar-refractivity contribution < 1.29 is 24.1 Å². The summed E-state index contributed by atoms with van der Waals surface area (Å²) >= 11 is 6.35. The topological polar surface area (TPSA) is 65.0 Å². The molecule has 1 heterocycles. The van der Waals surface area contributed by atoms with Crippen LogP contribution in [0.1, 0.15) is 42.8 Å². The Hall–Kier alpha value is -2.34. The van der Waals surface area contributed by atoms with Crippen LogP contribution in [0.5, 0.6) is 5.75 Å². The molecule has 1 aliphatic rings. The van der Waals surface area contributed by atoms with Crippen LogP contribution in [0.4, 0.5) is 0 Å². The molecular weight excluding hydrogens is 392 g/mol. The van der Waals surface area contributed by atoms with Crippen molar-refractivity contribution in [2.24, 2.45) is 5.92 Å². The number of aliphatic carboxylic acids is 1. The van der Waals surface area contributed by atoms with E-state index in [1.165, 1.54) is 0 Å². The van der Waals surface area contributed by atoms with Crippen molar-refractivity contribution in [1.29, 1.82) is 0 Å². The molecule has 0 saturated carbocycles. The normalized spacial score (nSPS) is 21.9. The van der Waals surface area contributed by atoms with Crippen molar-refractivity contribution in [1.82, 2.24) is 0 Å². The predicted octanol–water partition coefficient (Wildman–Crippen LogP) is 5.56. The second-order valence-electron chi connectivity index (χ2n) is 6.89. The third kappa shape index (κ3) is 5.60. The summed E-state index contributed by atoms with van der Waals surface area (Å²) < 4.78 is 17.9. The third-order valence-corrected chi connectivity index (χ3v) is 5.24. The standard InChI is InChI=1S/C23H25ClO5/c1-27-20-13-8-6-11-18(20)22-16(9-3-2-4-14-21(25)26)15-28-23(29-22)17-10-5-7-12-19(17)24/h2-3,5-8,10-13,16,22-23H,4,9,14-15H2,1H3,(H,25,26)/t16-,22+,23+/m0/s1. The van der Waals surface area contributed by atoms with Gasteiger partial charge in [0.1, 0.15) is 5.75 Å². The molecule has 0 aromatic heterocycles. The zero-order chi connectivity index (χ0) is 20.6. The summed E-state index contributed by atoms with van der Waals surface area (Å²) in [5.74, 6) is 0.0248. The minimum atomic E-state index is -0.798. The number of allylic oxidation sites excluding steroid dienone is 2. The number of ether oxygens (including phenoxy) is 3. The molecule has 154 valence electrons. The Morgan fingerprint density at radius 1 is 1.17 bits per heavy atom. The van der Waals surface area contributed by atoms with Crippen LogP contribution in [0.25, 0.3) is 0 Å². The number of carboxylic acids is 1. The minimum absolute atomic E-state index is 0.0612. The number of hydrogen-bond donors (Lipinski definition) is 1. The van der Waals surface area contributed by atoms with Gasteiger partial charge < -0.3 is 19.3 Å². The van der Waals surface area contributed by atoms with Crippen LogP contribution in [-0.4, -0.2) is 24.8 Å². The summed E-state index contributed by atoms with van der Waals surface area (Å²) in [6.07, 6.45) is 4.42. The largest absolute Gasteiger partial charge is 0.496 e. The second-order valence-corrected chi connectivity index (χ2v) is 7.29. The first-order chi connectivity index (χ1) is 14.1. The number of benzene rings is 2. The lowest BCUT2D eigenvalue weighted by atomic mass is 9.91. The Morgan fingerprint density at radius 2 is 1.90 bits per heavy atom. The smallest absolute Gasteiger partial charge is 0.303 e. The monoisotopic (exact) mass is 416 g/mol. The molecule has 1 aliphatic heterocycles. The predicted molar refractivity (Wildman–Crippen MR) is 111 cm³/mol. The first-order valence-electron chi connectivity index (χ1n) is 9.61. The average molecular weight is 417 g/mol. The Bertz CT molecular complexity index is 851.